The lowest BCUT2D eigenvalue weighted by atomic mass is 10.0. The number of thiazole rings is 1. The Bertz CT molecular complexity index is 623. The second-order valence-corrected chi connectivity index (χ2v) is 7.21. The molecule has 1 aromatic heterocycles. The Hall–Kier alpha value is -1.18. The van der Waals surface area contributed by atoms with Crippen LogP contribution in [-0.4, -0.2) is 28.7 Å². The van der Waals surface area contributed by atoms with Gasteiger partial charge in [-0.05, 0) is 37.9 Å². The van der Waals surface area contributed by atoms with Gasteiger partial charge in [0.15, 0.2) is 4.34 Å². The van der Waals surface area contributed by atoms with Crippen LogP contribution in [0.3, 0.4) is 0 Å². The minimum absolute atomic E-state index is 0.107. The van der Waals surface area contributed by atoms with Crippen molar-refractivity contribution in [2.45, 2.75) is 17.2 Å². The lowest BCUT2D eigenvalue weighted by Gasteiger charge is -2.21. The highest BCUT2D eigenvalue weighted by molar-refractivity contribution is 8.01. The first kappa shape index (κ1) is 13.8. The van der Waals surface area contributed by atoms with Gasteiger partial charge in [-0.1, -0.05) is 11.8 Å². The molecular formula is C13H15N3O2S2. The summed E-state index contributed by atoms with van der Waals surface area (Å²) < 4.78 is 2.02. The smallest absolute Gasteiger partial charge is 0.271 e. The average molecular weight is 309 g/mol. The molecule has 3 rings (SSSR count). The average Bonchev–Trinajstić information content (AvgIpc) is 2.88. The Kier molecular flexibility index (Phi) is 4.18. The summed E-state index contributed by atoms with van der Waals surface area (Å²) in [5.41, 5.74) is 0.837. The monoisotopic (exact) mass is 309 g/mol. The van der Waals surface area contributed by atoms with Gasteiger partial charge in [0.2, 0.25) is 0 Å². The zero-order chi connectivity index (χ0) is 13.9. The van der Waals surface area contributed by atoms with Gasteiger partial charge < -0.3 is 5.32 Å². The van der Waals surface area contributed by atoms with Crippen molar-refractivity contribution in [1.82, 2.24) is 10.3 Å². The maximum Gasteiger partial charge on any atom is 0.271 e. The van der Waals surface area contributed by atoms with Crippen LogP contribution in [0.5, 0.6) is 0 Å². The Morgan fingerprint density at radius 1 is 1.55 bits per heavy atom. The number of nitrogens with zero attached hydrogens (tertiary/aromatic N) is 2. The lowest BCUT2D eigenvalue weighted by molar-refractivity contribution is -0.384. The standard InChI is InChI=1S/C13H15N3O2S2/c17-16(18)10-3-4-12-11(6-10)15-13(20-12)19-8-9-2-1-5-14-7-9/h3-4,6,9,14H,1-2,5,7-8H2/t9-/m0/s1. The predicted molar refractivity (Wildman–Crippen MR) is 82.6 cm³/mol. The highest BCUT2D eigenvalue weighted by atomic mass is 32.2. The molecule has 0 amide bonds. The maximum absolute atomic E-state index is 10.8. The van der Waals surface area contributed by atoms with Gasteiger partial charge in [0.25, 0.3) is 5.69 Å². The summed E-state index contributed by atoms with van der Waals surface area (Å²) in [6, 6.07) is 4.88. The van der Waals surface area contributed by atoms with Crippen LogP contribution < -0.4 is 5.32 Å². The molecule has 1 fully saturated rings. The molecule has 0 spiro atoms. The first-order valence-corrected chi connectivity index (χ1v) is 8.41. The Labute approximate surface area is 124 Å². The molecule has 1 N–H and O–H groups in total. The molecule has 7 heteroatoms. The summed E-state index contributed by atoms with van der Waals surface area (Å²) in [7, 11) is 0. The Morgan fingerprint density at radius 2 is 2.45 bits per heavy atom. The summed E-state index contributed by atoms with van der Waals surface area (Å²) in [6.45, 7) is 2.22. The molecule has 0 radical (unpaired) electrons. The van der Waals surface area contributed by atoms with Crippen LogP contribution >= 0.6 is 23.1 Å². The van der Waals surface area contributed by atoms with Crippen molar-refractivity contribution in [2.75, 3.05) is 18.8 Å². The van der Waals surface area contributed by atoms with Gasteiger partial charge in [-0.25, -0.2) is 4.98 Å². The summed E-state index contributed by atoms with van der Waals surface area (Å²) >= 11 is 3.38. The van der Waals surface area contributed by atoms with E-state index in [1.54, 1.807) is 41.3 Å². The second-order valence-electron chi connectivity index (χ2n) is 4.91. The summed E-state index contributed by atoms with van der Waals surface area (Å²) in [5, 5.41) is 14.2. The number of non-ortho nitro benzene ring substituents is 1. The predicted octanol–water partition coefficient (Wildman–Crippen LogP) is 3.30. The molecular weight excluding hydrogens is 294 g/mol. The van der Waals surface area contributed by atoms with Crippen molar-refractivity contribution in [3.05, 3.63) is 28.3 Å². The van der Waals surface area contributed by atoms with Crippen molar-refractivity contribution in [1.29, 1.82) is 0 Å². The topological polar surface area (TPSA) is 68.1 Å². The molecule has 0 unspecified atom stereocenters. The normalized spacial score (nSPS) is 19.3. The van der Waals surface area contributed by atoms with Crippen molar-refractivity contribution >= 4 is 39.0 Å². The van der Waals surface area contributed by atoms with Crippen LogP contribution in [0.15, 0.2) is 22.5 Å². The third-order valence-electron chi connectivity index (χ3n) is 3.40. The Balaban J connectivity index is 1.70. The third-order valence-corrected chi connectivity index (χ3v) is 5.81. The molecule has 1 saturated heterocycles. The molecule has 1 aliphatic rings. The van der Waals surface area contributed by atoms with Crippen molar-refractivity contribution in [3.63, 3.8) is 0 Å². The van der Waals surface area contributed by atoms with E-state index >= 15 is 0 Å². The summed E-state index contributed by atoms with van der Waals surface area (Å²) in [5.74, 6) is 1.77. The quantitative estimate of drug-likeness (QED) is 0.533. The van der Waals surface area contributed by atoms with E-state index in [0.29, 0.717) is 5.92 Å². The zero-order valence-electron chi connectivity index (χ0n) is 10.9. The van der Waals surface area contributed by atoms with E-state index in [1.165, 1.54) is 12.8 Å². The largest absolute Gasteiger partial charge is 0.316 e. The van der Waals surface area contributed by atoms with E-state index in [-0.39, 0.29) is 10.6 Å². The minimum Gasteiger partial charge on any atom is -0.316 e. The lowest BCUT2D eigenvalue weighted by Crippen LogP contribution is -2.30. The van der Waals surface area contributed by atoms with E-state index in [2.05, 4.69) is 10.3 Å². The molecule has 5 nitrogen and oxygen atoms in total. The van der Waals surface area contributed by atoms with Gasteiger partial charge in [0.1, 0.15) is 0 Å². The van der Waals surface area contributed by atoms with Gasteiger partial charge in [-0.2, -0.15) is 0 Å². The third kappa shape index (κ3) is 3.11. The molecule has 2 aromatic rings. The number of hydrogen-bond acceptors (Lipinski definition) is 6. The number of thioether (sulfide) groups is 1. The van der Waals surface area contributed by atoms with Crippen molar-refractivity contribution < 1.29 is 4.92 Å². The number of nitro benzene ring substituents is 1. The fourth-order valence-electron chi connectivity index (χ4n) is 2.33. The number of rotatable bonds is 4. The van der Waals surface area contributed by atoms with Gasteiger partial charge in [0, 0.05) is 17.9 Å². The van der Waals surface area contributed by atoms with Gasteiger partial charge >= 0.3 is 0 Å². The molecule has 106 valence electrons. The van der Waals surface area contributed by atoms with Crippen LogP contribution in [0, 0.1) is 16.0 Å². The highest BCUT2D eigenvalue weighted by Crippen LogP contribution is 2.33. The number of fused-ring (bicyclic) bond motifs is 1. The Morgan fingerprint density at radius 3 is 3.20 bits per heavy atom. The molecule has 1 aromatic carbocycles. The van der Waals surface area contributed by atoms with Crippen LogP contribution in [0.25, 0.3) is 10.2 Å². The van der Waals surface area contributed by atoms with Crippen molar-refractivity contribution in [3.8, 4) is 0 Å². The van der Waals surface area contributed by atoms with Crippen LogP contribution in [0.2, 0.25) is 0 Å². The van der Waals surface area contributed by atoms with Gasteiger partial charge in [-0.3, -0.25) is 10.1 Å². The highest BCUT2D eigenvalue weighted by Gasteiger charge is 2.15. The van der Waals surface area contributed by atoms with Crippen molar-refractivity contribution in [2.24, 2.45) is 5.92 Å². The first-order chi connectivity index (χ1) is 9.72. The number of nitro groups is 1. The fourth-order valence-corrected chi connectivity index (χ4v) is 4.54. The molecule has 1 atom stereocenters. The minimum atomic E-state index is -0.376. The van der Waals surface area contributed by atoms with E-state index in [4.69, 9.17) is 0 Å². The van der Waals surface area contributed by atoms with Crippen LogP contribution in [-0.2, 0) is 0 Å². The molecule has 0 saturated carbocycles. The van der Waals surface area contributed by atoms with Crippen LogP contribution in [0.1, 0.15) is 12.8 Å². The number of aromatic nitrogens is 1. The molecule has 0 aliphatic carbocycles. The van der Waals surface area contributed by atoms with Gasteiger partial charge in [0.05, 0.1) is 15.1 Å². The number of piperidine rings is 1. The zero-order valence-corrected chi connectivity index (χ0v) is 12.5. The summed E-state index contributed by atoms with van der Waals surface area (Å²) in [4.78, 5) is 14.9. The number of hydrogen-bond donors (Lipinski definition) is 1. The van der Waals surface area contributed by atoms with E-state index < -0.39 is 0 Å². The number of benzene rings is 1. The molecule has 0 bridgehead atoms. The SMILES string of the molecule is O=[N+]([O-])c1ccc2sc(SC[C@H]3CCCNC3)nc2c1. The van der Waals surface area contributed by atoms with Crippen LogP contribution in [0.4, 0.5) is 5.69 Å². The summed E-state index contributed by atoms with van der Waals surface area (Å²) in [6.07, 6.45) is 2.52. The van der Waals surface area contributed by atoms with E-state index in [0.717, 1.165) is 33.4 Å². The van der Waals surface area contributed by atoms with E-state index in [1.807, 2.05) is 0 Å². The molecule has 1 aliphatic heterocycles. The maximum atomic E-state index is 10.8. The molecule has 20 heavy (non-hydrogen) atoms. The number of nitrogens with one attached hydrogen (secondary N) is 1. The fraction of sp³-hybridized carbons (Fsp3) is 0.462. The van der Waals surface area contributed by atoms with Gasteiger partial charge in [-0.15, -0.1) is 11.3 Å². The second kappa shape index (κ2) is 6.07. The first-order valence-electron chi connectivity index (χ1n) is 6.61. The molecule has 2 heterocycles. The van der Waals surface area contributed by atoms with E-state index in [9.17, 15) is 10.1 Å².